The minimum Gasteiger partial charge on any atom is -0.481 e. The van der Waals surface area contributed by atoms with E-state index in [4.69, 9.17) is 21.1 Å². The molecule has 0 saturated heterocycles. The van der Waals surface area contributed by atoms with Crippen molar-refractivity contribution in [2.75, 3.05) is 19.8 Å². The summed E-state index contributed by atoms with van der Waals surface area (Å²) < 4.78 is 25.9. The molecule has 148 valence electrons. The maximum Gasteiger partial charge on any atom is 0.186 e. The largest absolute Gasteiger partial charge is 0.481 e. The zero-order chi connectivity index (χ0) is 20.1. The molecule has 1 aliphatic rings. The molecule has 1 aromatic heterocycles. The minimum absolute atomic E-state index is 0.0981. The smallest absolute Gasteiger partial charge is 0.186 e. The predicted molar refractivity (Wildman–Crippen MR) is 106 cm³/mol. The first-order valence-corrected chi connectivity index (χ1v) is 9.52. The summed E-state index contributed by atoms with van der Waals surface area (Å²) in [6.07, 6.45) is 2.07. The first kappa shape index (κ1) is 20.4. The Labute approximate surface area is 168 Å². The summed E-state index contributed by atoms with van der Waals surface area (Å²) in [5.41, 5.74) is 0.441. The zero-order valence-electron chi connectivity index (χ0n) is 15.9. The molecule has 1 aliphatic heterocycles. The van der Waals surface area contributed by atoms with Crippen LogP contribution < -0.4 is 0 Å². The van der Waals surface area contributed by atoms with Gasteiger partial charge in [0.2, 0.25) is 0 Å². The van der Waals surface area contributed by atoms with Gasteiger partial charge < -0.3 is 9.47 Å². The molecule has 0 amide bonds. The van der Waals surface area contributed by atoms with E-state index in [-0.39, 0.29) is 18.8 Å². The van der Waals surface area contributed by atoms with Crippen LogP contribution in [0.2, 0.25) is 5.02 Å². The molecule has 2 aromatic rings. The van der Waals surface area contributed by atoms with Gasteiger partial charge in [-0.3, -0.25) is 9.78 Å². The van der Waals surface area contributed by atoms with Crippen LogP contribution in [0.25, 0.3) is 0 Å². The third-order valence-electron chi connectivity index (χ3n) is 4.51. The van der Waals surface area contributed by atoms with E-state index in [0.29, 0.717) is 47.4 Å². The average Bonchev–Trinajstić information content (AvgIpc) is 2.86. The molecule has 0 spiro atoms. The highest BCUT2D eigenvalue weighted by molar-refractivity contribution is 6.30. The highest BCUT2D eigenvalue weighted by Crippen LogP contribution is 2.31. The average molecular weight is 405 g/mol. The lowest BCUT2D eigenvalue weighted by Crippen LogP contribution is -2.27. The maximum absolute atomic E-state index is 14.7. The van der Waals surface area contributed by atoms with Gasteiger partial charge in [-0.15, -0.1) is 0 Å². The Bertz CT molecular complexity index is 886. The van der Waals surface area contributed by atoms with Crippen molar-refractivity contribution in [3.8, 4) is 0 Å². The summed E-state index contributed by atoms with van der Waals surface area (Å²) in [5.74, 6) is -0.0165. The fraction of sp³-hybridized carbons (Fsp3) is 0.381. The van der Waals surface area contributed by atoms with E-state index in [9.17, 15) is 9.18 Å². The summed E-state index contributed by atoms with van der Waals surface area (Å²) >= 11 is 5.81. The van der Waals surface area contributed by atoms with Gasteiger partial charge in [0.1, 0.15) is 17.1 Å². The Kier molecular flexibility index (Phi) is 6.42. The van der Waals surface area contributed by atoms with Gasteiger partial charge in [-0.05, 0) is 43.7 Å². The van der Waals surface area contributed by atoms with Gasteiger partial charge in [0.05, 0.1) is 24.8 Å². The zero-order valence-corrected chi connectivity index (χ0v) is 16.6. The molecule has 0 fully saturated rings. The lowest BCUT2D eigenvalue weighted by molar-refractivity contribution is 0.0987. The molecular formula is C21H22ClFN2O3. The number of aromatic nitrogens is 1. The molecule has 0 N–H and O–H groups in total. The third-order valence-corrected chi connectivity index (χ3v) is 4.74. The normalized spacial score (nSPS) is 19.6. The van der Waals surface area contributed by atoms with Crippen molar-refractivity contribution in [3.05, 3.63) is 64.2 Å². The van der Waals surface area contributed by atoms with E-state index in [2.05, 4.69) is 9.98 Å². The van der Waals surface area contributed by atoms with E-state index in [1.807, 2.05) is 13.8 Å². The van der Waals surface area contributed by atoms with Crippen molar-refractivity contribution in [2.24, 2.45) is 4.99 Å². The van der Waals surface area contributed by atoms with Gasteiger partial charge in [0, 0.05) is 24.6 Å². The molecule has 1 atom stereocenters. The van der Waals surface area contributed by atoms with Crippen LogP contribution in [-0.2, 0) is 21.4 Å². The summed E-state index contributed by atoms with van der Waals surface area (Å²) in [6, 6.07) is 7.82. The molecule has 0 saturated carbocycles. The Morgan fingerprint density at radius 1 is 1.36 bits per heavy atom. The van der Waals surface area contributed by atoms with Gasteiger partial charge in [-0.25, -0.2) is 9.38 Å². The fourth-order valence-corrected chi connectivity index (χ4v) is 3.23. The van der Waals surface area contributed by atoms with E-state index in [1.165, 1.54) is 12.3 Å². The number of Topliss-reactive ketones (excluding diaryl/α,β-unsaturated/α-hetero) is 1. The van der Waals surface area contributed by atoms with Crippen LogP contribution in [0, 0.1) is 5.82 Å². The number of nitrogens with zero attached hydrogens (tertiary/aromatic N) is 2. The molecule has 2 heterocycles. The highest BCUT2D eigenvalue weighted by atomic mass is 35.5. The van der Waals surface area contributed by atoms with Crippen LogP contribution in [0.3, 0.4) is 0 Å². The van der Waals surface area contributed by atoms with Crippen molar-refractivity contribution >= 4 is 23.3 Å². The number of aliphatic imine (C=N–C) groups is 1. The summed E-state index contributed by atoms with van der Waals surface area (Å²) in [5, 5.41) is 0.463. The van der Waals surface area contributed by atoms with E-state index in [0.717, 1.165) is 0 Å². The molecule has 0 radical (unpaired) electrons. The number of pyridine rings is 1. The molecule has 7 heteroatoms. The number of carbonyl (C=O) groups is 1. The van der Waals surface area contributed by atoms with Crippen molar-refractivity contribution in [3.63, 3.8) is 0 Å². The Morgan fingerprint density at radius 3 is 2.89 bits per heavy atom. The summed E-state index contributed by atoms with van der Waals surface area (Å²) in [4.78, 5) is 21.2. The second-order valence-electron chi connectivity index (χ2n) is 6.79. The van der Waals surface area contributed by atoms with Gasteiger partial charge in [-0.2, -0.15) is 0 Å². The van der Waals surface area contributed by atoms with Crippen LogP contribution >= 0.6 is 11.6 Å². The molecule has 28 heavy (non-hydrogen) atoms. The van der Waals surface area contributed by atoms with Crippen molar-refractivity contribution < 1.29 is 18.7 Å². The number of benzene rings is 1. The van der Waals surface area contributed by atoms with Crippen LogP contribution in [0.5, 0.6) is 0 Å². The first-order valence-electron chi connectivity index (χ1n) is 9.14. The molecule has 1 aromatic carbocycles. The van der Waals surface area contributed by atoms with Crippen molar-refractivity contribution in [1.82, 2.24) is 4.98 Å². The van der Waals surface area contributed by atoms with Crippen LogP contribution in [0.4, 0.5) is 4.39 Å². The Balaban J connectivity index is 1.89. The van der Waals surface area contributed by atoms with Gasteiger partial charge in [0.15, 0.2) is 11.7 Å². The monoisotopic (exact) mass is 404 g/mol. The number of halogens is 2. The van der Waals surface area contributed by atoms with E-state index >= 15 is 0 Å². The number of rotatable bonds is 5. The van der Waals surface area contributed by atoms with E-state index in [1.54, 1.807) is 24.3 Å². The van der Waals surface area contributed by atoms with Crippen LogP contribution in [0.15, 0.2) is 41.5 Å². The second-order valence-corrected chi connectivity index (χ2v) is 7.23. The number of carbonyl (C=O) groups excluding carboxylic acids is 1. The number of hydrogen-bond acceptors (Lipinski definition) is 5. The van der Waals surface area contributed by atoms with Crippen molar-refractivity contribution in [2.45, 2.75) is 32.2 Å². The third kappa shape index (κ3) is 4.75. The summed E-state index contributed by atoms with van der Waals surface area (Å²) in [7, 11) is 0. The fourth-order valence-electron chi connectivity index (χ4n) is 3.11. The van der Waals surface area contributed by atoms with E-state index < -0.39 is 11.4 Å². The molecule has 0 bridgehead atoms. The second kappa shape index (κ2) is 8.80. The number of ketones is 1. The first-order chi connectivity index (χ1) is 13.4. The molecule has 3 rings (SSSR count). The molecule has 5 nitrogen and oxygen atoms in total. The predicted octanol–water partition coefficient (Wildman–Crippen LogP) is 4.37. The molecular weight excluding hydrogens is 383 g/mol. The minimum atomic E-state index is -0.928. The SMILES string of the molecule is CCOC1=N[C@](C)(c2cc(CC(=O)c3ccc(Cl)cn3)ccc2F)COCC1. The van der Waals surface area contributed by atoms with Gasteiger partial charge in [-0.1, -0.05) is 17.7 Å². The molecule has 0 aliphatic carbocycles. The highest BCUT2D eigenvalue weighted by Gasteiger charge is 2.32. The van der Waals surface area contributed by atoms with Crippen molar-refractivity contribution in [1.29, 1.82) is 0 Å². The Morgan fingerprint density at radius 2 is 2.18 bits per heavy atom. The number of ether oxygens (including phenoxy) is 2. The Hall–Kier alpha value is -2.31. The van der Waals surface area contributed by atoms with Crippen LogP contribution in [-0.4, -0.2) is 36.5 Å². The number of hydrogen-bond donors (Lipinski definition) is 0. The molecule has 0 unspecified atom stereocenters. The van der Waals surface area contributed by atoms with Gasteiger partial charge in [0.25, 0.3) is 0 Å². The quantitative estimate of drug-likeness (QED) is 0.694. The lowest BCUT2D eigenvalue weighted by atomic mass is 9.90. The lowest BCUT2D eigenvalue weighted by Gasteiger charge is -2.25. The van der Waals surface area contributed by atoms with Gasteiger partial charge >= 0.3 is 0 Å². The summed E-state index contributed by atoms with van der Waals surface area (Å²) in [6.45, 7) is 4.87. The topological polar surface area (TPSA) is 60.8 Å². The van der Waals surface area contributed by atoms with Crippen LogP contribution in [0.1, 0.15) is 41.9 Å². The maximum atomic E-state index is 14.7. The standard InChI is InChI=1S/C21H22ClFN2O3/c1-3-28-20-8-9-27-13-21(2,25-20)16-10-14(4-6-17(16)23)11-19(26)18-7-5-15(22)12-24-18/h4-7,10,12H,3,8-9,11,13H2,1-2H3/t21-/m0/s1.